The number of fused-ring (bicyclic) bond motifs is 1. The van der Waals surface area contributed by atoms with Crippen LogP contribution in [0.4, 0.5) is 8.78 Å². The average molecular weight is 185 g/mol. The third-order valence-electron chi connectivity index (χ3n) is 1.61. The number of imidazole rings is 1. The zero-order valence-corrected chi connectivity index (χ0v) is 6.35. The molecule has 68 valence electrons. The molecule has 0 spiro atoms. The maximum Gasteiger partial charge on any atom is 0.321 e. The summed E-state index contributed by atoms with van der Waals surface area (Å²) < 4.78 is 25.1. The van der Waals surface area contributed by atoms with Crippen molar-refractivity contribution in [3.8, 4) is 5.75 Å². The molecule has 0 atom stereocenters. The topological polar surface area (TPSA) is 50.9 Å². The minimum Gasteiger partial charge on any atom is -0.506 e. The van der Waals surface area contributed by atoms with E-state index in [0.717, 1.165) is 12.5 Å². The van der Waals surface area contributed by atoms with E-state index >= 15 is 0 Å². The zero-order chi connectivity index (χ0) is 9.42. The first kappa shape index (κ1) is 7.90. The summed E-state index contributed by atoms with van der Waals surface area (Å²) in [5, 5.41) is 8.98. The molecule has 0 aromatic carbocycles. The van der Waals surface area contributed by atoms with Crippen molar-refractivity contribution in [3.63, 3.8) is 0 Å². The van der Waals surface area contributed by atoms with Gasteiger partial charge in [0.05, 0.1) is 6.20 Å². The fourth-order valence-electron chi connectivity index (χ4n) is 1.05. The number of hydrogen-bond donors (Lipinski definition) is 1. The third kappa shape index (κ3) is 1.20. The van der Waals surface area contributed by atoms with Crippen molar-refractivity contribution in [1.82, 2.24) is 14.5 Å². The summed E-state index contributed by atoms with van der Waals surface area (Å²) >= 11 is 0. The number of aromatic hydroxyl groups is 1. The number of aromatic nitrogens is 3. The molecule has 2 rings (SSSR count). The summed E-state index contributed by atoms with van der Waals surface area (Å²) in [5.41, 5.74) is 0.313. The molecule has 2 aromatic heterocycles. The molecular formula is C7H5F2N3O. The van der Waals surface area contributed by atoms with Crippen LogP contribution >= 0.6 is 0 Å². The molecule has 0 aliphatic rings. The van der Waals surface area contributed by atoms with Gasteiger partial charge in [0.15, 0.2) is 5.65 Å². The highest BCUT2D eigenvalue weighted by molar-refractivity contribution is 5.71. The van der Waals surface area contributed by atoms with E-state index in [0.29, 0.717) is 4.57 Å². The van der Waals surface area contributed by atoms with Crippen LogP contribution in [0.15, 0.2) is 18.6 Å². The SMILES string of the molecule is Oc1cnc2c(c1)ncn2C(F)F. The van der Waals surface area contributed by atoms with Crippen LogP contribution in [0.25, 0.3) is 11.2 Å². The summed E-state index contributed by atoms with van der Waals surface area (Å²) in [4.78, 5) is 7.29. The second kappa shape index (κ2) is 2.65. The Hall–Kier alpha value is -1.72. The smallest absolute Gasteiger partial charge is 0.321 e. The predicted molar refractivity (Wildman–Crippen MR) is 40.4 cm³/mol. The Morgan fingerprint density at radius 1 is 1.38 bits per heavy atom. The van der Waals surface area contributed by atoms with Gasteiger partial charge in [0, 0.05) is 6.07 Å². The van der Waals surface area contributed by atoms with Gasteiger partial charge in [-0.2, -0.15) is 8.78 Å². The lowest BCUT2D eigenvalue weighted by atomic mass is 10.4. The maximum atomic E-state index is 12.3. The quantitative estimate of drug-likeness (QED) is 0.732. The highest BCUT2D eigenvalue weighted by Crippen LogP contribution is 2.20. The van der Waals surface area contributed by atoms with Gasteiger partial charge in [0.1, 0.15) is 17.6 Å². The van der Waals surface area contributed by atoms with Gasteiger partial charge < -0.3 is 5.11 Å². The number of hydrogen-bond acceptors (Lipinski definition) is 3. The van der Waals surface area contributed by atoms with Crippen LogP contribution in [0.2, 0.25) is 0 Å². The van der Waals surface area contributed by atoms with Gasteiger partial charge in [-0.3, -0.25) is 4.57 Å². The standard InChI is InChI=1S/C7H5F2N3O/c8-7(9)12-3-11-5-1-4(13)2-10-6(5)12/h1-3,7,13H. The van der Waals surface area contributed by atoms with E-state index in [2.05, 4.69) is 9.97 Å². The Morgan fingerprint density at radius 2 is 2.15 bits per heavy atom. The van der Waals surface area contributed by atoms with E-state index in [-0.39, 0.29) is 16.9 Å². The minimum atomic E-state index is -2.66. The average Bonchev–Trinajstić information content (AvgIpc) is 2.46. The van der Waals surface area contributed by atoms with Gasteiger partial charge in [-0.15, -0.1) is 0 Å². The molecule has 13 heavy (non-hydrogen) atoms. The number of nitrogens with zero attached hydrogens (tertiary/aromatic N) is 3. The Labute approximate surface area is 71.5 Å². The molecule has 0 radical (unpaired) electrons. The predicted octanol–water partition coefficient (Wildman–Crippen LogP) is 1.53. The van der Waals surface area contributed by atoms with Crippen LogP contribution in [0, 0.1) is 0 Å². The first-order valence-corrected chi connectivity index (χ1v) is 3.48. The van der Waals surface area contributed by atoms with E-state index in [9.17, 15) is 8.78 Å². The highest BCUT2D eigenvalue weighted by Gasteiger charge is 2.11. The van der Waals surface area contributed by atoms with Gasteiger partial charge in [-0.25, -0.2) is 9.97 Å². The van der Waals surface area contributed by atoms with Crippen LogP contribution in [0.1, 0.15) is 6.55 Å². The van der Waals surface area contributed by atoms with Crippen molar-refractivity contribution in [2.45, 2.75) is 6.55 Å². The summed E-state index contributed by atoms with van der Waals surface area (Å²) in [7, 11) is 0. The molecule has 1 N–H and O–H groups in total. The lowest BCUT2D eigenvalue weighted by Gasteiger charge is -1.99. The summed E-state index contributed by atoms with van der Waals surface area (Å²) in [6.45, 7) is -2.66. The van der Waals surface area contributed by atoms with Crippen molar-refractivity contribution in [2.75, 3.05) is 0 Å². The molecule has 0 amide bonds. The third-order valence-corrected chi connectivity index (χ3v) is 1.61. The summed E-state index contributed by atoms with van der Waals surface area (Å²) in [6, 6.07) is 1.28. The van der Waals surface area contributed by atoms with Crippen molar-refractivity contribution in [3.05, 3.63) is 18.6 Å². The Kier molecular flexibility index (Phi) is 1.61. The fourth-order valence-corrected chi connectivity index (χ4v) is 1.05. The van der Waals surface area contributed by atoms with E-state index in [4.69, 9.17) is 5.11 Å². The van der Waals surface area contributed by atoms with Crippen molar-refractivity contribution in [1.29, 1.82) is 0 Å². The molecule has 0 bridgehead atoms. The molecule has 6 heteroatoms. The maximum absolute atomic E-state index is 12.3. The highest BCUT2D eigenvalue weighted by atomic mass is 19.3. The molecule has 0 saturated heterocycles. The lowest BCUT2D eigenvalue weighted by molar-refractivity contribution is 0.0740. The molecule has 4 nitrogen and oxygen atoms in total. The van der Waals surface area contributed by atoms with Crippen LogP contribution in [-0.2, 0) is 0 Å². The van der Waals surface area contributed by atoms with Crippen molar-refractivity contribution >= 4 is 11.2 Å². The zero-order valence-electron chi connectivity index (χ0n) is 6.35. The number of alkyl halides is 2. The fraction of sp³-hybridized carbons (Fsp3) is 0.143. The van der Waals surface area contributed by atoms with E-state index in [1.807, 2.05) is 0 Å². The van der Waals surface area contributed by atoms with Gasteiger partial charge >= 0.3 is 6.55 Å². The molecule has 0 unspecified atom stereocenters. The monoisotopic (exact) mass is 185 g/mol. The van der Waals surface area contributed by atoms with Crippen LogP contribution in [-0.4, -0.2) is 19.6 Å². The van der Waals surface area contributed by atoms with Crippen LogP contribution < -0.4 is 0 Å². The molecule has 2 aromatic rings. The molecule has 0 saturated carbocycles. The first-order chi connectivity index (χ1) is 6.18. The van der Waals surface area contributed by atoms with E-state index in [1.165, 1.54) is 6.07 Å². The van der Waals surface area contributed by atoms with Crippen molar-refractivity contribution in [2.24, 2.45) is 0 Å². The summed E-state index contributed by atoms with van der Waals surface area (Å²) in [5.74, 6) is -0.0907. The van der Waals surface area contributed by atoms with Crippen LogP contribution in [0.3, 0.4) is 0 Å². The number of halogens is 2. The molecule has 0 aliphatic carbocycles. The van der Waals surface area contributed by atoms with Gasteiger partial charge in [0.25, 0.3) is 0 Å². The Morgan fingerprint density at radius 3 is 2.85 bits per heavy atom. The first-order valence-electron chi connectivity index (χ1n) is 3.48. The van der Waals surface area contributed by atoms with Crippen molar-refractivity contribution < 1.29 is 13.9 Å². The molecule has 2 heterocycles. The molecule has 0 fully saturated rings. The van der Waals surface area contributed by atoms with E-state index < -0.39 is 6.55 Å². The summed E-state index contributed by atoms with van der Waals surface area (Å²) in [6.07, 6.45) is 2.09. The Balaban J connectivity index is 2.69. The van der Waals surface area contributed by atoms with Crippen LogP contribution in [0.5, 0.6) is 5.75 Å². The van der Waals surface area contributed by atoms with Gasteiger partial charge in [-0.1, -0.05) is 0 Å². The minimum absolute atomic E-state index is 0.0628. The largest absolute Gasteiger partial charge is 0.506 e. The van der Waals surface area contributed by atoms with E-state index in [1.54, 1.807) is 0 Å². The lowest BCUT2D eigenvalue weighted by Crippen LogP contribution is -1.96. The second-order valence-electron chi connectivity index (χ2n) is 2.47. The Bertz CT molecular complexity index is 440. The van der Waals surface area contributed by atoms with Gasteiger partial charge in [0.2, 0.25) is 0 Å². The number of pyridine rings is 1. The van der Waals surface area contributed by atoms with Gasteiger partial charge in [-0.05, 0) is 0 Å². The molecule has 0 aliphatic heterocycles. The second-order valence-corrected chi connectivity index (χ2v) is 2.47. The molecular weight excluding hydrogens is 180 g/mol. The normalized spacial score (nSPS) is 11.3. The number of rotatable bonds is 1.